The van der Waals surface area contributed by atoms with E-state index in [2.05, 4.69) is 4.98 Å². The lowest BCUT2D eigenvalue weighted by molar-refractivity contribution is 0.0666. The molecule has 0 aliphatic carbocycles. The number of carbonyl (C=O) groups is 1. The lowest BCUT2D eigenvalue weighted by Gasteiger charge is -2.33. The van der Waals surface area contributed by atoms with E-state index in [0.29, 0.717) is 5.56 Å². The van der Waals surface area contributed by atoms with Gasteiger partial charge in [0, 0.05) is 37.1 Å². The van der Waals surface area contributed by atoms with Crippen LogP contribution in [0.5, 0.6) is 5.75 Å². The third-order valence-electron chi connectivity index (χ3n) is 4.95. The van der Waals surface area contributed by atoms with Crippen molar-refractivity contribution in [3.8, 4) is 17.0 Å². The van der Waals surface area contributed by atoms with Crippen molar-refractivity contribution in [1.29, 1.82) is 0 Å². The summed E-state index contributed by atoms with van der Waals surface area (Å²) in [6, 6.07) is 8.29. The predicted octanol–water partition coefficient (Wildman–Crippen LogP) is 2.87. The number of benzene rings is 1. The number of hydrogen-bond donors (Lipinski definition) is 0. The summed E-state index contributed by atoms with van der Waals surface area (Å²) in [4.78, 5) is 18.6. The van der Waals surface area contributed by atoms with Crippen molar-refractivity contribution >= 4 is 27.3 Å². The predicted molar refractivity (Wildman–Crippen MR) is 112 cm³/mol. The van der Waals surface area contributed by atoms with Crippen LogP contribution >= 0.6 is 11.3 Å². The zero-order chi connectivity index (χ0) is 21.3. The number of methoxy groups -OCH3 is 1. The number of aryl methyl sites for hydroxylation is 1. The highest BCUT2D eigenvalue weighted by molar-refractivity contribution is 7.89. The molecule has 0 spiro atoms. The zero-order valence-corrected chi connectivity index (χ0v) is 18.2. The average Bonchev–Trinajstić information content (AvgIpc) is 3.45. The number of nitrogens with zero attached hydrogens (tertiary/aromatic N) is 3. The van der Waals surface area contributed by atoms with Gasteiger partial charge in [-0.15, -0.1) is 11.3 Å². The van der Waals surface area contributed by atoms with Crippen molar-refractivity contribution in [3.05, 3.63) is 52.7 Å². The van der Waals surface area contributed by atoms with Crippen LogP contribution in [0, 0.1) is 6.92 Å². The number of sulfonamides is 1. The second kappa shape index (κ2) is 8.21. The number of piperazine rings is 1. The Bertz CT molecular complexity index is 1150. The largest absolute Gasteiger partial charge is 0.495 e. The Morgan fingerprint density at radius 1 is 1.20 bits per heavy atom. The maximum Gasteiger partial charge on any atom is 0.289 e. The van der Waals surface area contributed by atoms with Crippen molar-refractivity contribution in [1.82, 2.24) is 14.2 Å². The number of rotatable bonds is 5. The zero-order valence-electron chi connectivity index (χ0n) is 16.6. The Morgan fingerprint density at radius 2 is 1.97 bits per heavy atom. The number of aromatic nitrogens is 1. The molecule has 1 aliphatic heterocycles. The highest BCUT2D eigenvalue weighted by Gasteiger charge is 2.33. The van der Waals surface area contributed by atoms with Gasteiger partial charge in [0.05, 0.1) is 24.1 Å². The summed E-state index contributed by atoms with van der Waals surface area (Å²) >= 11 is 1.50. The van der Waals surface area contributed by atoms with Gasteiger partial charge in [-0.25, -0.2) is 13.4 Å². The van der Waals surface area contributed by atoms with Gasteiger partial charge in [0.1, 0.15) is 10.6 Å². The molecule has 4 rings (SSSR count). The smallest absolute Gasteiger partial charge is 0.289 e. The molecule has 3 heterocycles. The lowest BCUT2D eigenvalue weighted by Crippen LogP contribution is -2.50. The Balaban J connectivity index is 1.57. The van der Waals surface area contributed by atoms with E-state index in [1.165, 1.54) is 29.0 Å². The molecule has 158 valence electrons. The number of amides is 1. The molecule has 0 bridgehead atoms. The molecule has 1 aliphatic rings. The van der Waals surface area contributed by atoms with Gasteiger partial charge in [0.25, 0.3) is 5.91 Å². The number of carbonyl (C=O) groups excluding carboxylic acids is 1. The van der Waals surface area contributed by atoms with E-state index in [9.17, 15) is 13.2 Å². The van der Waals surface area contributed by atoms with Gasteiger partial charge in [0.2, 0.25) is 10.0 Å². The van der Waals surface area contributed by atoms with Gasteiger partial charge < -0.3 is 14.1 Å². The van der Waals surface area contributed by atoms with E-state index >= 15 is 0 Å². The Hall–Kier alpha value is -2.69. The molecule has 3 aromatic rings. The Kier molecular flexibility index (Phi) is 5.63. The first-order chi connectivity index (χ1) is 14.4. The minimum atomic E-state index is -3.81. The number of thiazole rings is 1. The minimum absolute atomic E-state index is 0.0963. The lowest BCUT2D eigenvalue weighted by atomic mass is 10.2. The summed E-state index contributed by atoms with van der Waals surface area (Å²) in [7, 11) is -2.36. The summed E-state index contributed by atoms with van der Waals surface area (Å²) in [6.07, 6.45) is 1.44. The first-order valence-corrected chi connectivity index (χ1v) is 11.7. The SMILES string of the molecule is COc1ccc(-c2csc(C)n2)cc1S(=O)(=O)N1CCN(C(=O)c2ccco2)CC1. The summed E-state index contributed by atoms with van der Waals surface area (Å²) < 4.78 is 38.6. The highest BCUT2D eigenvalue weighted by atomic mass is 32.2. The van der Waals surface area contributed by atoms with Crippen molar-refractivity contribution in [2.75, 3.05) is 33.3 Å². The summed E-state index contributed by atoms with van der Waals surface area (Å²) in [5.74, 6) is 0.287. The fourth-order valence-corrected chi connectivity index (χ4v) is 5.59. The maximum atomic E-state index is 13.4. The second-order valence-corrected chi connectivity index (χ2v) is 9.76. The molecule has 1 aromatic carbocycles. The van der Waals surface area contributed by atoms with Crippen LogP contribution in [0.4, 0.5) is 0 Å². The van der Waals surface area contributed by atoms with E-state index < -0.39 is 10.0 Å². The standard InChI is InChI=1S/C20H21N3O5S2/c1-14-21-16(13-29-14)15-5-6-17(27-2)19(12-15)30(25,26)23-9-7-22(8-10-23)20(24)18-4-3-11-28-18/h3-6,11-13H,7-10H2,1-2H3. The van der Waals surface area contributed by atoms with Gasteiger partial charge in [-0.2, -0.15) is 4.31 Å². The molecular formula is C20H21N3O5S2. The minimum Gasteiger partial charge on any atom is -0.495 e. The van der Waals surface area contributed by atoms with Gasteiger partial charge in [-0.05, 0) is 37.3 Å². The van der Waals surface area contributed by atoms with E-state index in [4.69, 9.17) is 9.15 Å². The van der Waals surface area contributed by atoms with E-state index in [1.54, 1.807) is 35.2 Å². The van der Waals surface area contributed by atoms with Crippen LogP contribution < -0.4 is 4.74 Å². The summed E-state index contributed by atoms with van der Waals surface area (Å²) in [5.41, 5.74) is 1.44. The van der Waals surface area contributed by atoms with Crippen molar-refractivity contribution < 1.29 is 22.4 Å². The molecule has 10 heteroatoms. The molecule has 8 nitrogen and oxygen atoms in total. The van der Waals surface area contributed by atoms with Crippen LogP contribution in [0.3, 0.4) is 0 Å². The summed E-state index contributed by atoms with van der Waals surface area (Å²) in [5, 5.41) is 2.80. The topological polar surface area (TPSA) is 93.0 Å². The highest BCUT2D eigenvalue weighted by Crippen LogP contribution is 2.32. The van der Waals surface area contributed by atoms with Crippen LogP contribution in [-0.2, 0) is 10.0 Å². The van der Waals surface area contributed by atoms with Crippen LogP contribution in [-0.4, -0.2) is 61.8 Å². The third-order valence-corrected chi connectivity index (χ3v) is 7.65. The van der Waals surface area contributed by atoms with E-state index in [1.807, 2.05) is 12.3 Å². The van der Waals surface area contributed by atoms with Gasteiger partial charge in [-0.3, -0.25) is 4.79 Å². The molecule has 30 heavy (non-hydrogen) atoms. The van der Waals surface area contributed by atoms with Crippen LogP contribution in [0.25, 0.3) is 11.3 Å². The molecule has 1 saturated heterocycles. The normalized spacial score (nSPS) is 15.3. The van der Waals surface area contributed by atoms with Crippen LogP contribution in [0.1, 0.15) is 15.6 Å². The fraction of sp³-hybridized carbons (Fsp3) is 0.300. The molecule has 1 amide bonds. The van der Waals surface area contributed by atoms with Crippen LogP contribution in [0.15, 0.2) is 51.3 Å². The summed E-state index contributed by atoms with van der Waals surface area (Å²) in [6.45, 7) is 2.85. The van der Waals surface area contributed by atoms with Crippen molar-refractivity contribution in [2.24, 2.45) is 0 Å². The van der Waals surface area contributed by atoms with E-state index in [-0.39, 0.29) is 48.5 Å². The monoisotopic (exact) mass is 447 g/mol. The first kappa shape index (κ1) is 20.6. The maximum absolute atomic E-state index is 13.4. The Morgan fingerprint density at radius 3 is 2.57 bits per heavy atom. The molecule has 0 saturated carbocycles. The Labute approximate surface area is 178 Å². The molecule has 0 radical (unpaired) electrons. The molecular weight excluding hydrogens is 426 g/mol. The molecule has 2 aromatic heterocycles. The number of ether oxygens (including phenoxy) is 1. The molecule has 0 unspecified atom stereocenters. The van der Waals surface area contributed by atoms with Crippen molar-refractivity contribution in [2.45, 2.75) is 11.8 Å². The second-order valence-electron chi connectivity index (χ2n) is 6.79. The molecule has 1 fully saturated rings. The molecule has 0 atom stereocenters. The van der Waals surface area contributed by atoms with Gasteiger partial charge >= 0.3 is 0 Å². The van der Waals surface area contributed by atoms with Crippen molar-refractivity contribution in [3.63, 3.8) is 0 Å². The van der Waals surface area contributed by atoms with Gasteiger partial charge in [0.15, 0.2) is 5.76 Å². The quantitative estimate of drug-likeness (QED) is 0.597. The third kappa shape index (κ3) is 3.85. The number of furan rings is 1. The number of hydrogen-bond acceptors (Lipinski definition) is 7. The first-order valence-electron chi connectivity index (χ1n) is 9.33. The fourth-order valence-electron chi connectivity index (χ4n) is 3.36. The average molecular weight is 448 g/mol. The molecule has 0 N–H and O–H groups in total. The van der Waals surface area contributed by atoms with Crippen LogP contribution in [0.2, 0.25) is 0 Å². The van der Waals surface area contributed by atoms with Gasteiger partial charge in [-0.1, -0.05) is 0 Å². The van der Waals surface area contributed by atoms with E-state index in [0.717, 1.165) is 10.7 Å².